The average Bonchev–Trinajstić information content (AvgIpc) is 2.78. The molecular formula is C12H19N3O2S. The van der Waals surface area contributed by atoms with E-state index in [9.17, 15) is 8.42 Å². The van der Waals surface area contributed by atoms with Crippen molar-refractivity contribution in [3.8, 4) is 0 Å². The molecule has 2 heterocycles. The molecule has 0 bridgehead atoms. The molecular weight excluding hydrogens is 250 g/mol. The first-order chi connectivity index (χ1) is 8.57. The van der Waals surface area contributed by atoms with Gasteiger partial charge in [-0.25, -0.2) is 13.4 Å². The molecule has 1 aromatic rings. The van der Waals surface area contributed by atoms with Crippen LogP contribution >= 0.6 is 0 Å². The lowest BCUT2D eigenvalue weighted by Gasteiger charge is -2.29. The SMILES string of the molecule is C=CC(n1ccnc1C)S(=O)(=O)N1CCCCC1. The summed E-state index contributed by atoms with van der Waals surface area (Å²) in [4.78, 5) is 4.08. The van der Waals surface area contributed by atoms with Crippen molar-refractivity contribution in [1.29, 1.82) is 0 Å². The molecule has 0 aliphatic carbocycles. The summed E-state index contributed by atoms with van der Waals surface area (Å²) in [5.74, 6) is 0.681. The Labute approximate surface area is 108 Å². The summed E-state index contributed by atoms with van der Waals surface area (Å²) in [6.07, 6.45) is 7.74. The predicted octanol–water partition coefficient (Wildman–Crippen LogP) is 1.69. The van der Waals surface area contributed by atoms with Gasteiger partial charge in [-0.3, -0.25) is 0 Å². The standard InChI is InChI=1S/C12H19N3O2S/c1-3-12(15-10-7-13-11(15)2)18(16,17)14-8-5-4-6-9-14/h3,7,10,12H,1,4-6,8-9H2,2H3. The summed E-state index contributed by atoms with van der Waals surface area (Å²) in [6, 6.07) is 0. The molecule has 1 aliphatic rings. The van der Waals surface area contributed by atoms with Crippen LogP contribution in [0, 0.1) is 6.92 Å². The van der Waals surface area contributed by atoms with Crippen LogP contribution in [0.5, 0.6) is 0 Å². The highest BCUT2D eigenvalue weighted by Gasteiger charge is 2.32. The second-order valence-corrected chi connectivity index (χ2v) is 6.54. The topological polar surface area (TPSA) is 55.2 Å². The maximum absolute atomic E-state index is 12.6. The van der Waals surface area contributed by atoms with Crippen LogP contribution in [-0.4, -0.2) is 35.4 Å². The number of sulfonamides is 1. The summed E-state index contributed by atoms with van der Waals surface area (Å²) in [5, 5.41) is -0.752. The predicted molar refractivity (Wildman–Crippen MR) is 70.5 cm³/mol. The number of nitrogens with zero attached hydrogens (tertiary/aromatic N) is 3. The molecule has 1 atom stereocenters. The van der Waals surface area contributed by atoms with Gasteiger partial charge in [-0.15, -0.1) is 0 Å². The van der Waals surface area contributed by atoms with Crippen molar-refractivity contribution >= 4 is 10.0 Å². The highest BCUT2D eigenvalue weighted by atomic mass is 32.2. The number of hydrogen-bond donors (Lipinski definition) is 0. The van der Waals surface area contributed by atoms with E-state index in [1.165, 1.54) is 6.08 Å². The summed E-state index contributed by atoms with van der Waals surface area (Å²) in [5.41, 5.74) is 0. The van der Waals surface area contributed by atoms with Gasteiger partial charge < -0.3 is 4.57 Å². The van der Waals surface area contributed by atoms with Crippen molar-refractivity contribution in [2.24, 2.45) is 0 Å². The third kappa shape index (κ3) is 2.35. The van der Waals surface area contributed by atoms with Gasteiger partial charge in [0.2, 0.25) is 10.0 Å². The largest absolute Gasteiger partial charge is 0.313 e. The van der Waals surface area contributed by atoms with E-state index in [0.29, 0.717) is 18.9 Å². The van der Waals surface area contributed by atoms with Gasteiger partial charge in [0.15, 0.2) is 5.37 Å². The van der Waals surface area contributed by atoms with Gasteiger partial charge in [-0.2, -0.15) is 4.31 Å². The molecule has 1 fully saturated rings. The minimum atomic E-state index is -3.38. The highest BCUT2D eigenvalue weighted by molar-refractivity contribution is 7.89. The molecule has 0 amide bonds. The number of hydrogen-bond acceptors (Lipinski definition) is 3. The Kier molecular flexibility index (Phi) is 3.87. The minimum absolute atomic E-state index is 0.612. The molecule has 1 aliphatic heterocycles. The van der Waals surface area contributed by atoms with E-state index < -0.39 is 15.4 Å². The Morgan fingerprint density at radius 1 is 1.39 bits per heavy atom. The lowest BCUT2D eigenvalue weighted by molar-refractivity contribution is 0.340. The molecule has 5 nitrogen and oxygen atoms in total. The third-order valence-electron chi connectivity index (χ3n) is 3.32. The van der Waals surface area contributed by atoms with Gasteiger partial charge in [-0.05, 0) is 19.8 Å². The summed E-state index contributed by atoms with van der Waals surface area (Å²) < 4.78 is 28.4. The van der Waals surface area contributed by atoms with Crippen molar-refractivity contribution < 1.29 is 8.42 Å². The quantitative estimate of drug-likeness (QED) is 0.782. The summed E-state index contributed by atoms with van der Waals surface area (Å²) >= 11 is 0. The van der Waals surface area contributed by atoms with Gasteiger partial charge >= 0.3 is 0 Å². The molecule has 1 saturated heterocycles. The number of piperidine rings is 1. The number of aromatic nitrogens is 2. The maximum atomic E-state index is 12.6. The molecule has 0 aromatic carbocycles. The molecule has 0 saturated carbocycles. The third-order valence-corrected chi connectivity index (χ3v) is 5.43. The van der Waals surface area contributed by atoms with Crippen LogP contribution in [0.2, 0.25) is 0 Å². The van der Waals surface area contributed by atoms with E-state index in [1.807, 2.05) is 0 Å². The van der Waals surface area contributed by atoms with Crippen molar-refractivity contribution in [1.82, 2.24) is 13.9 Å². The van der Waals surface area contributed by atoms with Gasteiger partial charge in [0.05, 0.1) is 0 Å². The van der Waals surface area contributed by atoms with Crippen molar-refractivity contribution in [3.05, 3.63) is 30.9 Å². The minimum Gasteiger partial charge on any atom is -0.313 e. The molecule has 0 spiro atoms. The second-order valence-electron chi connectivity index (χ2n) is 4.51. The van der Waals surface area contributed by atoms with Crippen LogP contribution in [0.15, 0.2) is 25.0 Å². The molecule has 0 N–H and O–H groups in total. The van der Waals surface area contributed by atoms with Crippen LogP contribution in [0.1, 0.15) is 30.5 Å². The fourth-order valence-electron chi connectivity index (χ4n) is 2.31. The zero-order chi connectivity index (χ0) is 13.2. The van der Waals surface area contributed by atoms with Crippen molar-refractivity contribution in [3.63, 3.8) is 0 Å². The zero-order valence-corrected chi connectivity index (χ0v) is 11.4. The van der Waals surface area contributed by atoms with Crippen LogP contribution in [0.25, 0.3) is 0 Å². The molecule has 18 heavy (non-hydrogen) atoms. The van der Waals surface area contributed by atoms with E-state index >= 15 is 0 Å². The number of aryl methyl sites for hydroxylation is 1. The normalized spacial score (nSPS) is 19.6. The van der Waals surface area contributed by atoms with Crippen molar-refractivity contribution in [2.75, 3.05) is 13.1 Å². The Morgan fingerprint density at radius 2 is 2.06 bits per heavy atom. The fourth-order valence-corrected chi connectivity index (χ4v) is 4.13. The summed E-state index contributed by atoms with van der Waals surface area (Å²) in [7, 11) is -3.38. The molecule has 100 valence electrons. The lowest BCUT2D eigenvalue weighted by atomic mass is 10.2. The van der Waals surface area contributed by atoms with E-state index in [-0.39, 0.29) is 0 Å². The average molecular weight is 269 g/mol. The first kappa shape index (κ1) is 13.3. The van der Waals surface area contributed by atoms with E-state index in [0.717, 1.165) is 19.3 Å². The molecule has 0 radical (unpaired) electrons. The van der Waals surface area contributed by atoms with Gasteiger partial charge in [0, 0.05) is 25.5 Å². The van der Waals surface area contributed by atoms with Crippen LogP contribution in [0.3, 0.4) is 0 Å². The Balaban J connectivity index is 2.32. The Hall–Kier alpha value is -1.14. The second kappa shape index (κ2) is 5.24. The van der Waals surface area contributed by atoms with Crippen LogP contribution < -0.4 is 0 Å². The van der Waals surface area contributed by atoms with E-state index in [2.05, 4.69) is 11.6 Å². The van der Waals surface area contributed by atoms with Gasteiger partial charge in [-0.1, -0.05) is 19.1 Å². The number of imidazole rings is 1. The summed E-state index contributed by atoms with van der Waals surface area (Å²) in [6.45, 7) is 6.68. The first-order valence-corrected chi connectivity index (χ1v) is 7.68. The maximum Gasteiger partial charge on any atom is 0.239 e. The van der Waals surface area contributed by atoms with Gasteiger partial charge in [0.25, 0.3) is 0 Å². The van der Waals surface area contributed by atoms with Crippen molar-refractivity contribution in [2.45, 2.75) is 31.6 Å². The number of rotatable bonds is 4. The monoisotopic (exact) mass is 269 g/mol. The van der Waals surface area contributed by atoms with Crippen LogP contribution in [-0.2, 0) is 10.0 Å². The van der Waals surface area contributed by atoms with Gasteiger partial charge in [0.1, 0.15) is 5.82 Å². The first-order valence-electron chi connectivity index (χ1n) is 6.18. The Bertz CT molecular complexity index is 515. The molecule has 2 rings (SSSR count). The lowest BCUT2D eigenvalue weighted by Crippen LogP contribution is -2.39. The van der Waals surface area contributed by atoms with E-state index in [4.69, 9.17) is 0 Å². The highest BCUT2D eigenvalue weighted by Crippen LogP contribution is 2.25. The zero-order valence-electron chi connectivity index (χ0n) is 10.6. The molecule has 6 heteroatoms. The molecule has 1 aromatic heterocycles. The smallest absolute Gasteiger partial charge is 0.239 e. The van der Waals surface area contributed by atoms with E-state index in [1.54, 1.807) is 28.2 Å². The Morgan fingerprint density at radius 3 is 2.56 bits per heavy atom. The fraction of sp³-hybridized carbons (Fsp3) is 0.583. The van der Waals surface area contributed by atoms with Crippen LogP contribution in [0.4, 0.5) is 0 Å². The molecule has 1 unspecified atom stereocenters.